The van der Waals surface area contributed by atoms with Crippen LogP contribution in [0.3, 0.4) is 0 Å². The lowest BCUT2D eigenvalue weighted by atomic mass is 9.79. The van der Waals surface area contributed by atoms with Crippen LogP contribution in [0.25, 0.3) is 0 Å². The third-order valence-electron chi connectivity index (χ3n) is 4.29. The molecule has 0 bridgehead atoms. The molecule has 3 fully saturated rings. The standard InChI is InChI=1S/C12H22N2/c1-4-12(5-6-13-9-12)10-14(7-1)8-11-2-3-11/h11,13H,1-10H2/t12-/m0/s1. The molecule has 2 aliphatic heterocycles. The first-order chi connectivity index (χ1) is 6.86. The Hall–Kier alpha value is -0.0800. The average Bonchev–Trinajstić information content (AvgIpc) is 2.88. The fourth-order valence-electron chi connectivity index (χ4n) is 3.28. The number of nitrogens with zero attached hydrogens (tertiary/aromatic N) is 1. The van der Waals surface area contributed by atoms with Crippen molar-refractivity contribution in [2.75, 3.05) is 32.7 Å². The molecule has 14 heavy (non-hydrogen) atoms. The Morgan fingerprint density at radius 2 is 2.21 bits per heavy atom. The molecule has 1 N–H and O–H groups in total. The maximum atomic E-state index is 3.55. The molecule has 3 aliphatic rings. The molecule has 2 heteroatoms. The average molecular weight is 194 g/mol. The van der Waals surface area contributed by atoms with E-state index in [1.165, 1.54) is 64.8 Å². The maximum absolute atomic E-state index is 3.55. The summed E-state index contributed by atoms with van der Waals surface area (Å²) in [6.45, 7) is 6.71. The van der Waals surface area contributed by atoms with E-state index in [2.05, 4.69) is 10.2 Å². The van der Waals surface area contributed by atoms with Crippen LogP contribution in [0.2, 0.25) is 0 Å². The third kappa shape index (κ3) is 1.82. The van der Waals surface area contributed by atoms with Gasteiger partial charge < -0.3 is 10.2 Å². The van der Waals surface area contributed by atoms with E-state index in [-0.39, 0.29) is 0 Å². The fourth-order valence-corrected chi connectivity index (χ4v) is 3.28. The van der Waals surface area contributed by atoms with Crippen molar-refractivity contribution in [3.8, 4) is 0 Å². The highest BCUT2D eigenvalue weighted by atomic mass is 15.2. The van der Waals surface area contributed by atoms with E-state index in [1.54, 1.807) is 0 Å². The Bertz CT molecular complexity index is 204. The highest BCUT2D eigenvalue weighted by Crippen LogP contribution is 2.37. The Labute approximate surface area is 87.0 Å². The molecule has 1 spiro atoms. The summed E-state index contributed by atoms with van der Waals surface area (Å²) >= 11 is 0. The first-order valence-corrected chi connectivity index (χ1v) is 6.29. The Balaban J connectivity index is 1.59. The van der Waals surface area contributed by atoms with Crippen molar-refractivity contribution in [3.63, 3.8) is 0 Å². The molecule has 0 radical (unpaired) electrons. The first kappa shape index (κ1) is 9.17. The van der Waals surface area contributed by atoms with Gasteiger partial charge in [-0.1, -0.05) is 0 Å². The summed E-state index contributed by atoms with van der Waals surface area (Å²) in [4.78, 5) is 2.74. The number of nitrogens with one attached hydrogen (secondary N) is 1. The van der Waals surface area contributed by atoms with Gasteiger partial charge in [-0.3, -0.25) is 0 Å². The molecule has 0 aromatic heterocycles. The number of hydrogen-bond donors (Lipinski definition) is 1. The zero-order valence-electron chi connectivity index (χ0n) is 9.10. The Kier molecular flexibility index (Phi) is 2.29. The van der Waals surface area contributed by atoms with Crippen LogP contribution < -0.4 is 5.32 Å². The lowest BCUT2D eigenvalue weighted by Crippen LogP contribution is -2.45. The number of likely N-dealkylation sites (tertiary alicyclic amines) is 1. The van der Waals surface area contributed by atoms with E-state index in [0.717, 1.165) is 5.92 Å². The van der Waals surface area contributed by atoms with Crippen LogP contribution in [0, 0.1) is 11.3 Å². The van der Waals surface area contributed by atoms with Gasteiger partial charge >= 0.3 is 0 Å². The zero-order chi connectivity index (χ0) is 9.43. The second kappa shape index (κ2) is 3.49. The van der Waals surface area contributed by atoms with Gasteiger partial charge in [-0.05, 0) is 56.5 Å². The molecular weight excluding hydrogens is 172 g/mol. The van der Waals surface area contributed by atoms with Crippen molar-refractivity contribution < 1.29 is 0 Å². The fraction of sp³-hybridized carbons (Fsp3) is 1.00. The minimum atomic E-state index is 0.674. The van der Waals surface area contributed by atoms with E-state index in [1.807, 2.05) is 0 Å². The molecular formula is C12H22N2. The smallest absolute Gasteiger partial charge is 0.00507 e. The van der Waals surface area contributed by atoms with Crippen LogP contribution in [0.1, 0.15) is 32.1 Å². The predicted octanol–water partition coefficient (Wildman–Crippen LogP) is 1.47. The second-order valence-corrected chi connectivity index (χ2v) is 5.71. The molecule has 0 aromatic rings. The van der Waals surface area contributed by atoms with E-state index in [0.29, 0.717) is 5.41 Å². The summed E-state index contributed by atoms with van der Waals surface area (Å²) < 4.78 is 0. The topological polar surface area (TPSA) is 15.3 Å². The number of rotatable bonds is 2. The van der Waals surface area contributed by atoms with E-state index in [4.69, 9.17) is 0 Å². The SMILES string of the molecule is C1CN(CC2CC2)C[C@@]2(C1)CCNC2. The van der Waals surface area contributed by atoms with Crippen LogP contribution in [-0.4, -0.2) is 37.6 Å². The van der Waals surface area contributed by atoms with Crippen molar-refractivity contribution in [1.29, 1.82) is 0 Å². The first-order valence-electron chi connectivity index (χ1n) is 6.29. The highest BCUT2D eigenvalue weighted by molar-refractivity contribution is 4.94. The van der Waals surface area contributed by atoms with Crippen LogP contribution >= 0.6 is 0 Å². The van der Waals surface area contributed by atoms with Crippen LogP contribution in [-0.2, 0) is 0 Å². The Morgan fingerprint density at radius 3 is 2.93 bits per heavy atom. The molecule has 1 saturated carbocycles. The molecule has 3 rings (SSSR count). The van der Waals surface area contributed by atoms with E-state index < -0.39 is 0 Å². The summed E-state index contributed by atoms with van der Waals surface area (Å²) in [5.41, 5.74) is 0.674. The second-order valence-electron chi connectivity index (χ2n) is 5.71. The van der Waals surface area contributed by atoms with Gasteiger partial charge in [0.25, 0.3) is 0 Å². The minimum Gasteiger partial charge on any atom is -0.316 e. The van der Waals surface area contributed by atoms with Gasteiger partial charge in [-0.15, -0.1) is 0 Å². The zero-order valence-corrected chi connectivity index (χ0v) is 9.10. The van der Waals surface area contributed by atoms with Crippen LogP contribution in [0.15, 0.2) is 0 Å². The lowest BCUT2D eigenvalue weighted by molar-refractivity contribution is 0.0997. The van der Waals surface area contributed by atoms with Gasteiger partial charge in [0.1, 0.15) is 0 Å². The monoisotopic (exact) mass is 194 g/mol. The van der Waals surface area contributed by atoms with Gasteiger partial charge in [0, 0.05) is 19.6 Å². The van der Waals surface area contributed by atoms with Crippen molar-refractivity contribution in [3.05, 3.63) is 0 Å². The van der Waals surface area contributed by atoms with Gasteiger partial charge in [-0.25, -0.2) is 0 Å². The van der Waals surface area contributed by atoms with Crippen molar-refractivity contribution in [2.45, 2.75) is 32.1 Å². The predicted molar refractivity (Wildman–Crippen MR) is 58.3 cm³/mol. The molecule has 0 unspecified atom stereocenters. The number of hydrogen-bond acceptors (Lipinski definition) is 2. The minimum absolute atomic E-state index is 0.674. The Morgan fingerprint density at radius 1 is 1.29 bits per heavy atom. The summed E-state index contributed by atoms with van der Waals surface area (Å²) in [6.07, 6.45) is 7.34. The van der Waals surface area contributed by atoms with Crippen LogP contribution in [0.5, 0.6) is 0 Å². The van der Waals surface area contributed by atoms with E-state index >= 15 is 0 Å². The third-order valence-corrected chi connectivity index (χ3v) is 4.29. The molecule has 1 atom stereocenters. The van der Waals surface area contributed by atoms with Crippen molar-refractivity contribution in [1.82, 2.24) is 10.2 Å². The largest absolute Gasteiger partial charge is 0.316 e. The van der Waals surface area contributed by atoms with Gasteiger partial charge in [0.2, 0.25) is 0 Å². The summed E-state index contributed by atoms with van der Waals surface area (Å²) in [7, 11) is 0. The highest BCUT2D eigenvalue weighted by Gasteiger charge is 2.38. The van der Waals surface area contributed by atoms with Crippen molar-refractivity contribution in [2.24, 2.45) is 11.3 Å². The van der Waals surface area contributed by atoms with Crippen LogP contribution in [0.4, 0.5) is 0 Å². The van der Waals surface area contributed by atoms with Gasteiger partial charge in [0.05, 0.1) is 0 Å². The van der Waals surface area contributed by atoms with Gasteiger partial charge in [-0.2, -0.15) is 0 Å². The summed E-state index contributed by atoms with van der Waals surface area (Å²) in [5, 5.41) is 3.55. The molecule has 2 heterocycles. The normalized spacial score (nSPS) is 39.4. The van der Waals surface area contributed by atoms with Gasteiger partial charge in [0.15, 0.2) is 0 Å². The molecule has 0 amide bonds. The van der Waals surface area contributed by atoms with Crippen molar-refractivity contribution >= 4 is 0 Å². The molecule has 2 saturated heterocycles. The lowest BCUT2D eigenvalue weighted by Gasteiger charge is -2.40. The summed E-state index contributed by atoms with van der Waals surface area (Å²) in [6, 6.07) is 0. The molecule has 80 valence electrons. The quantitative estimate of drug-likeness (QED) is 0.716. The number of piperidine rings is 1. The molecule has 1 aliphatic carbocycles. The molecule has 2 nitrogen and oxygen atoms in total. The summed E-state index contributed by atoms with van der Waals surface area (Å²) in [5.74, 6) is 1.07. The van der Waals surface area contributed by atoms with E-state index in [9.17, 15) is 0 Å². The maximum Gasteiger partial charge on any atom is 0.00507 e. The molecule has 0 aromatic carbocycles.